The zero-order valence-corrected chi connectivity index (χ0v) is 18.4. The molecule has 1 aliphatic rings. The van der Waals surface area contributed by atoms with Gasteiger partial charge in [0.1, 0.15) is 6.33 Å². The zero-order valence-electron chi connectivity index (χ0n) is 18.4. The maximum Gasteiger partial charge on any atom is 0.280 e. The molecular formula is C24H27N5O4. The Kier molecular flexibility index (Phi) is 6.81. The van der Waals surface area contributed by atoms with Gasteiger partial charge in [-0.3, -0.25) is 14.2 Å². The van der Waals surface area contributed by atoms with Crippen LogP contribution in [0.15, 0.2) is 61.2 Å². The lowest BCUT2D eigenvalue weighted by molar-refractivity contribution is -0.190. The smallest absolute Gasteiger partial charge is 0.280 e. The summed E-state index contributed by atoms with van der Waals surface area (Å²) in [6.45, 7) is 2.49. The van der Waals surface area contributed by atoms with E-state index in [0.717, 1.165) is 24.1 Å². The second-order valence-electron chi connectivity index (χ2n) is 7.80. The SMILES string of the molecule is CCCCC(NC(=O)c1cccnc1-n1cnc(-c2ccccc2)c1)C1(C(N)=O)OCCO1. The molecule has 1 saturated heterocycles. The number of nitrogens with two attached hydrogens (primary N) is 1. The molecule has 3 aromatic rings. The first kappa shape index (κ1) is 22.6. The molecular weight excluding hydrogens is 422 g/mol. The van der Waals surface area contributed by atoms with E-state index in [0.29, 0.717) is 17.8 Å². The fraction of sp³-hybridized carbons (Fsp3) is 0.333. The van der Waals surface area contributed by atoms with Gasteiger partial charge in [0.15, 0.2) is 5.82 Å². The van der Waals surface area contributed by atoms with E-state index in [1.807, 2.05) is 43.5 Å². The van der Waals surface area contributed by atoms with Gasteiger partial charge < -0.3 is 20.5 Å². The number of hydrogen-bond acceptors (Lipinski definition) is 6. The Bertz CT molecular complexity index is 1110. The minimum Gasteiger partial charge on any atom is -0.365 e. The van der Waals surface area contributed by atoms with Gasteiger partial charge in [-0.15, -0.1) is 0 Å². The van der Waals surface area contributed by atoms with Crippen molar-refractivity contribution in [2.75, 3.05) is 13.2 Å². The highest BCUT2D eigenvalue weighted by Crippen LogP contribution is 2.27. The number of amides is 2. The molecule has 172 valence electrons. The Hall–Kier alpha value is -3.56. The molecule has 4 rings (SSSR count). The van der Waals surface area contributed by atoms with Crippen LogP contribution in [0, 0.1) is 0 Å². The Morgan fingerprint density at radius 1 is 1.15 bits per heavy atom. The number of hydrogen-bond donors (Lipinski definition) is 2. The summed E-state index contributed by atoms with van der Waals surface area (Å²) in [5.74, 6) is -2.42. The largest absolute Gasteiger partial charge is 0.365 e. The highest BCUT2D eigenvalue weighted by atomic mass is 16.7. The Morgan fingerprint density at radius 3 is 2.61 bits per heavy atom. The minimum atomic E-state index is -1.68. The molecule has 2 amide bonds. The first-order chi connectivity index (χ1) is 16.0. The normalized spacial score (nSPS) is 15.8. The molecule has 1 atom stereocenters. The summed E-state index contributed by atoms with van der Waals surface area (Å²) in [4.78, 5) is 34.5. The third-order valence-corrected chi connectivity index (χ3v) is 5.60. The average Bonchev–Trinajstić information content (AvgIpc) is 3.53. The number of aromatic nitrogens is 3. The highest BCUT2D eigenvalue weighted by molar-refractivity contribution is 5.98. The minimum absolute atomic E-state index is 0.233. The topological polar surface area (TPSA) is 121 Å². The number of pyridine rings is 1. The summed E-state index contributed by atoms with van der Waals surface area (Å²) in [6.07, 6.45) is 7.15. The van der Waals surface area contributed by atoms with Gasteiger partial charge in [-0.05, 0) is 18.6 Å². The first-order valence-corrected chi connectivity index (χ1v) is 11.0. The Labute approximate surface area is 191 Å². The predicted molar refractivity (Wildman–Crippen MR) is 121 cm³/mol. The van der Waals surface area contributed by atoms with Crippen LogP contribution in [0.25, 0.3) is 17.1 Å². The molecule has 0 radical (unpaired) electrons. The second kappa shape index (κ2) is 9.93. The molecule has 3 heterocycles. The lowest BCUT2D eigenvalue weighted by Crippen LogP contribution is -2.60. The number of nitrogens with one attached hydrogen (secondary N) is 1. The van der Waals surface area contributed by atoms with Crippen LogP contribution in [0.4, 0.5) is 0 Å². The molecule has 9 heteroatoms. The standard InChI is InChI=1S/C24H27N5O4/c1-2-3-11-20(24(23(25)31)32-13-14-33-24)28-22(30)18-10-7-12-26-21(18)29-15-19(27-16-29)17-8-5-4-6-9-17/h4-10,12,15-16,20H,2-3,11,13-14H2,1H3,(H2,25,31)(H,28,30). The van der Waals surface area contributed by atoms with Gasteiger partial charge in [-0.2, -0.15) is 0 Å². The second-order valence-corrected chi connectivity index (χ2v) is 7.80. The zero-order chi connectivity index (χ0) is 23.3. The van der Waals surface area contributed by atoms with E-state index >= 15 is 0 Å². The van der Waals surface area contributed by atoms with Crippen LogP contribution in [-0.4, -0.2) is 51.4 Å². The summed E-state index contributed by atoms with van der Waals surface area (Å²) in [6, 6.07) is 12.3. The van der Waals surface area contributed by atoms with Gasteiger partial charge in [0.25, 0.3) is 17.6 Å². The number of benzene rings is 1. The van der Waals surface area contributed by atoms with Crippen molar-refractivity contribution in [3.63, 3.8) is 0 Å². The fourth-order valence-corrected chi connectivity index (χ4v) is 3.92. The molecule has 1 fully saturated rings. The number of nitrogens with zero attached hydrogens (tertiary/aromatic N) is 3. The average molecular weight is 450 g/mol. The molecule has 3 N–H and O–H groups in total. The number of primary amides is 1. The number of unbranched alkanes of at least 4 members (excludes halogenated alkanes) is 1. The maximum atomic E-state index is 13.4. The Balaban J connectivity index is 1.62. The van der Waals surface area contributed by atoms with Crippen LogP contribution >= 0.6 is 0 Å². The third kappa shape index (κ3) is 4.64. The monoisotopic (exact) mass is 449 g/mol. The van der Waals surface area contributed by atoms with Gasteiger partial charge in [-0.25, -0.2) is 9.97 Å². The molecule has 1 aromatic carbocycles. The summed E-state index contributed by atoms with van der Waals surface area (Å²) in [5.41, 5.74) is 7.67. The molecule has 1 aliphatic heterocycles. The fourth-order valence-electron chi connectivity index (χ4n) is 3.92. The van der Waals surface area contributed by atoms with Crippen molar-refractivity contribution in [3.8, 4) is 17.1 Å². The van der Waals surface area contributed by atoms with Gasteiger partial charge in [0, 0.05) is 18.0 Å². The van der Waals surface area contributed by atoms with Crippen molar-refractivity contribution in [2.24, 2.45) is 5.73 Å². The van der Waals surface area contributed by atoms with Crippen LogP contribution in [0.5, 0.6) is 0 Å². The van der Waals surface area contributed by atoms with Crippen molar-refractivity contribution in [3.05, 3.63) is 66.7 Å². The Morgan fingerprint density at radius 2 is 1.91 bits per heavy atom. The van der Waals surface area contributed by atoms with E-state index in [1.165, 1.54) is 0 Å². The molecule has 2 aromatic heterocycles. The molecule has 0 aliphatic carbocycles. The third-order valence-electron chi connectivity index (χ3n) is 5.60. The van der Waals surface area contributed by atoms with Gasteiger partial charge in [0.05, 0.1) is 30.5 Å². The number of carbonyl (C=O) groups is 2. The van der Waals surface area contributed by atoms with E-state index in [1.54, 1.807) is 29.2 Å². The van der Waals surface area contributed by atoms with Crippen molar-refractivity contribution in [1.29, 1.82) is 0 Å². The van der Waals surface area contributed by atoms with E-state index in [9.17, 15) is 9.59 Å². The quantitative estimate of drug-likeness (QED) is 0.518. The highest BCUT2D eigenvalue weighted by Gasteiger charge is 2.50. The van der Waals surface area contributed by atoms with Crippen LogP contribution < -0.4 is 11.1 Å². The van der Waals surface area contributed by atoms with Crippen molar-refractivity contribution < 1.29 is 19.1 Å². The molecule has 9 nitrogen and oxygen atoms in total. The molecule has 1 unspecified atom stereocenters. The summed E-state index contributed by atoms with van der Waals surface area (Å²) in [7, 11) is 0. The van der Waals surface area contributed by atoms with Crippen LogP contribution in [0.2, 0.25) is 0 Å². The lowest BCUT2D eigenvalue weighted by Gasteiger charge is -2.33. The van der Waals surface area contributed by atoms with Crippen molar-refractivity contribution in [1.82, 2.24) is 19.9 Å². The van der Waals surface area contributed by atoms with Crippen molar-refractivity contribution >= 4 is 11.8 Å². The van der Waals surface area contributed by atoms with Crippen molar-refractivity contribution in [2.45, 2.75) is 38.0 Å². The number of imidazole rings is 1. The van der Waals surface area contributed by atoms with Gasteiger partial charge >= 0.3 is 0 Å². The van der Waals surface area contributed by atoms with E-state index < -0.39 is 23.6 Å². The number of rotatable bonds is 9. The van der Waals surface area contributed by atoms with Crippen LogP contribution in [-0.2, 0) is 14.3 Å². The first-order valence-electron chi connectivity index (χ1n) is 11.0. The predicted octanol–water partition coefficient (Wildman–Crippen LogP) is 2.45. The lowest BCUT2D eigenvalue weighted by atomic mass is 9.99. The van der Waals surface area contributed by atoms with Gasteiger partial charge in [-0.1, -0.05) is 50.1 Å². The van der Waals surface area contributed by atoms with E-state index in [4.69, 9.17) is 15.2 Å². The van der Waals surface area contributed by atoms with E-state index in [-0.39, 0.29) is 13.2 Å². The van der Waals surface area contributed by atoms with E-state index in [2.05, 4.69) is 15.3 Å². The summed E-state index contributed by atoms with van der Waals surface area (Å²) < 4.78 is 12.9. The molecule has 0 spiro atoms. The van der Waals surface area contributed by atoms with Gasteiger partial charge in [0.2, 0.25) is 0 Å². The molecule has 0 bridgehead atoms. The molecule has 0 saturated carbocycles. The van der Waals surface area contributed by atoms with Crippen LogP contribution in [0.3, 0.4) is 0 Å². The number of ether oxygens (including phenoxy) is 2. The van der Waals surface area contributed by atoms with Crippen LogP contribution in [0.1, 0.15) is 36.5 Å². The maximum absolute atomic E-state index is 13.4. The number of carbonyl (C=O) groups excluding carboxylic acids is 2. The summed E-state index contributed by atoms with van der Waals surface area (Å²) in [5, 5.41) is 2.92. The summed E-state index contributed by atoms with van der Waals surface area (Å²) >= 11 is 0. The molecule has 33 heavy (non-hydrogen) atoms.